The fourth-order valence-corrected chi connectivity index (χ4v) is 3.34. The van der Waals surface area contributed by atoms with Gasteiger partial charge >= 0.3 is 5.97 Å². The molecule has 1 fully saturated rings. The first-order chi connectivity index (χ1) is 9.71. The number of hydrogen-bond acceptors (Lipinski definition) is 3. The summed E-state index contributed by atoms with van der Waals surface area (Å²) < 4.78 is 0. The van der Waals surface area contributed by atoms with Gasteiger partial charge in [-0.25, -0.2) is 9.97 Å². The number of aromatic nitrogens is 2. The van der Waals surface area contributed by atoms with E-state index in [1.807, 2.05) is 13.8 Å². The van der Waals surface area contributed by atoms with Gasteiger partial charge in [0.25, 0.3) is 0 Å². The van der Waals surface area contributed by atoms with E-state index in [0.29, 0.717) is 11.3 Å². The van der Waals surface area contributed by atoms with Crippen LogP contribution >= 0.6 is 0 Å². The lowest BCUT2D eigenvalue weighted by Gasteiger charge is -2.33. The van der Waals surface area contributed by atoms with Crippen LogP contribution in [0.1, 0.15) is 81.1 Å². The largest absolute Gasteiger partial charge is 0.481 e. The molecule has 4 heteroatoms. The Morgan fingerprint density at radius 2 is 1.67 bits per heavy atom. The van der Waals surface area contributed by atoms with Crippen molar-refractivity contribution in [3.8, 4) is 0 Å². The van der Waals surface area contributed by atoms with Gasteiger partial charge in [0.2, 0.25) is 0 Å². The zero-order valence-corrected chi connectivity index (χ0v) is 13.7. The summed E-state index contributed by atoms with van der Waals surface area (Å²) in [6.45, 7) is 10.1. The third-order valence-corrected chi connectivity index (χ3v) is 4.85. The standard InChI is InChI=1S/C17H26N2O2/c1-10(16(20)21)14-11(2)18-15(19-12(14)3)13-6-8-17(4,5)9-7-13/h10,13H,6-9H2,1-5H3,(H,20,21). The molecule has 21 heavy (non-hydrogen) atoms. The van der Waals surface area contributed by atoms with Gasteiger partial charge in [-0.15, -0.1) is 0 Å². The molecule has 0 saturated heterocycles. The van der Waals surface area contributed by atoms with Gasteiger partial charge in [-0.1, -0.05) is 13.8 Å². The van der Waals surface area contributed by atoms with Crippen LogP contribution in [0.5, 0.6) is 0 Å². The van der Waals surface area contributed by atoms with Crippen molar-refractivity contribution in [1.29, 1.82) is 0 Å². The summed E-state index contributed by atoms with van der Waals surface area (Å²) in [6.07, 6.45) is 4.65. The highest BCUT2D eigenvalue weighted by atomic mass is 16.4. The van der Waals surface area contributed by atoms with Crippen molar-refractivity contribution in [2.24, 2.45) is 5.41 Å². The second-order valence-corrected chi connectivity index (χ2v) is 7.16. The molecule has 4 nitrogen and oxygen atoms in total. The predicted molar refractivity (Wildman–Crippen MR) is 82.5 cm³/mol. The minimum absolute atomic E-state index is 0.421. The van der Waals surface area contributed by atoms with E-state index < -0.39 is 11.9 Å². The van der Waals surface area contributed by atoms with E-state index in [1.54, 1.807) is 6.92 Å². The summed E-state index contributed by atoms with van der Waals surface area (Å²) >= 11 is 0. The summed E-state index contributed by atoms with van der Waals surface area (Å²) in [5.74, 6) is -0.0484. The Morgan fingerprint density at radius 3 is 2.10 bits per heavy atom. The van der Waals surface area contributed by atoms with Crippen LogP contribution in [0, 0.1) is 19.3 Å². The molecule has 0 spiro atoms. The molecular formula is C17H26N2O2. The Morgan fingerprint density at radius 1 is 1.19 bits per heavy atom. The van der Waals surface area contributed by atoms with E-state index in [0.717, 1.165) is 35.6 Å². The second-order valence-electron chi connectivity index (χ2n) is 7.16. The molecule has 0 aromatic carbocycles. The van der Waals surface area contributed by atoms with Gasteiger partial charge in [-0.05, 0) is 51.9 Å². The highest BCUT2D eigenvalue weighted by Gasteiger charge is 2.30. The average molecular weight is 290 g/mol. The first kappa shape index (κ1) is 15.9. The van der Waals surface area contributed by atoms with Gasteiger partial charge in [-0.2, -0.15) is 0 Å². The number of carbonyl (C=O) groups is 1. The molecule has 1 aliphatic carbocycles. The Hall–Kier alpha value is -1.45. The fourth-order valence-electron chi connectivity index (χ4n) is 3.34. The maximum absolute atomic E-state index is 11.2. The van der Waals surface area contributed by atoms with Crippen LogP contribution in [0.15, 0.2) is 0 Å². The number of rotatable bonds is 3. The number of nitrogens with zero attached hydrogens (tertiary/aromatic N) is 2. The maximum atomic E-state index is 11.2. The second kappa shape index (κ2) is 5.74. The van der Waals surface area contributed by atoms with E-state index in [-0.39, 0.29) is 0 Å². The highest BCUT2D eigenvalue weighted by Crippen LogP contribution is 2.41. The molecule has 1 unspecified atom stereocenters. The van der Waals surface area contributed by atoms with E-state index in [2.05, 4.69) is 23.8 Å². The smallest absolute Gasteiger partial charge is 0.310 e. The molecule has 2 rings (SSSR count). The monoisotopic (exact) mass is 290 g/mol. The molecule has 116 valence electrons. The molecule has 0 aliphatic heterocycles. The molecule has 0 amide bonds. The molecule has 0 bridgehead atoms. The summed E-state index contributed by atoms with van der Waals surface area (Å²) in [5, 5.41) is 9.20. The van der Waals surface area contributed by atoms with Crippen LogP contribution in [0.2, 0.25) is 0 Å². The SMILES string of the molecule is Cc1nc(C2CCC(C)(C)CC2)nc(C)c1C(C)C(=O)O. The number of aryl methyl sites for hydroxylation is 2. The van der Waals surface area contributed by atoms with Gasteiger partial charge in [-0.3, -0.25) is 4.79 Å². The number of carboxylic acid groups (broad SMARTS) is 1. The first-order valence-electron chi connectivity index (χ1n) is 7.79. The number of hydrogen-bond donors (Lipinski definition) is 1. The highest BCUT2D eigenvalue weighted by molar-refractivity contribution is 5.76. The van der Waals surface area contributed by atoms with Gasteiger partial charge in [0.15, 0.2) is 0 Å². The van der Waals surface area contributed by atoms with Crippen molar-refractivity contribution >= 4 is 5.97 Å². The zero-order valence-electron chi connectivity index (χ0n) is 13.7. The predicted octanol–water partition coefficient (Wildman–Crippen LogP) is 3.97. The average Bonchev–Trinajstić information content (AvgIpc) is 2.37. The van der Waals surface area contributed by atoms with Gasteiger partial charge < -0.3 is 5.11 Å². The van der Waals surface area contributed by atoms with E-state index in [4.69, 9.17) is 0 Å². The lowest BCUT2D eigenvalue weighted by molar-refractivity contribution is -0.138. The molecule has 1 saturated carbocycles. The van der Waals surface area contributed by atoms with Crippen molar-refractivity contribution in [1.82, 2.24) is 9.97 Å². The van der Waals surface area contributed by atoms with Crippen molar-refractivity contribution in [2.75, 3.05) is 0 Å². The Labute approximate surface area is 127 Å². The van der Waals surface area contributed by atoms with E-state index in [1.165, 1.54) is 12.8 Å². The molecule has 1 aromatic rings. The molecule has 1 aliphatic rings. The van der Waals surface area contributed by atoms with Crippen LogP contribution in [0.25, 0.3) is 0 Å². The van der Waals surface area contributed by atoms with Crippen molar-refractivity contribution < 1.29 is 9.90 Å². The molecule has 1 aromatic heterocycles. The van der Waals surface area contributed by atoms with Crippen LogP contribution in [0.4, 0.5) is 0 Å². The molecular weight excluding hydrogens is 264 g/mol. The normalized spacial score (nSPS) is 20.2. The minimum Gasteiger partial charge on any atom is -0.481 e. The third kappa shape index (κ3) is 3.42. The van der Waals surface area contributed by atoms with Crippen LogP contribution in [-0.4, -0.2) is 21.0 Å². The van der Waals surface area contributed by atoms with Crippen molar-refractivity contribution in [3.05, 3.63) is 22.8 Å². The fraction of sp³-hybridized carbons (Fsp3) is 0.706. The molecule has 1 N–H and O–H groups in total. The van der Waals surface area contributed by atoms with Gasteiger partial charge in [0, 0.05) is 22.9 Å². The lowest BCUT2D eigenvalue weighted by Crippen LogP contribution is -2.22. The Bertz CT molecular complexity index is 519. The van der Waals surface area contributed by atoms with Crippen molar-refractivity contribution in [2.45, 2.75) is 72.1 Å². The quantitative estimate of drug-likeness (QED) is 0.915. The number of aliphatic carboxylic acids is 1. The summed E-state index contributed by atoms with van der Waals surface area (Å²) in [5.41, 5.74) is 2.83. The van der Waals surface area contributed by atoms with Crippen molar-refractivity contribution in [3.63, 3.8) is 0 Å². The maximum Gasteiger partial charge on any atom is 0.310 e. The first-order valence-corrected chi connectivity index (χ1v) is 7.79. The molecule has 1 heterocycles. The Kier molecular flexibility index (Phi) is 4.35. The summed E-state index contributed by atoms with van der Waals surface area (Å²) in [4.78, 5) is 20.5. The van der Waals surface area contributed by atoms with Crippen LogP contribution < -0.4 is 0 Å². The zero-order chi connectivity index (χ0) is 15.8. The molecule has 0 radical (unpaired) electrons. The van der Waals surface area contributed by atoms with E-state index in [9.17, 15) is 9.90 Å². The summed E-state index contributed by atoms with van der Waals surface area (Å²) in [7, 11) is 0. The topological polar surface area (TPSA) is 63.1 Å². The van der Waals surface area contributed by atoms with Gasteiger partial charge in [0.1, 0.15) is 5.82 Å². The Balaban J connectivity index is 2.26. The van der Waals surface area contributed by atoms with Crippen LogP contribution in [-0.2, 0) is 4.79 Å². The van der Waals surface area contributed by atoms with Crippen LogP contribution in [0.3, 0.4) is 0 Å². The van der Waals surface area contributed by atoms with E-state index >= 15 is 0 Å². The van der Waals surface area contributed by atoms with Gasteiger partial charge in [0.05, 0.1) is 5.92 Å². The number of carboxylic acids is 1. The third-order valence-electron chi connectivity index (χ3n) is 4.85. The summed E-state index contributed by atoms with van der Waals surface area (Å²) in [6, 6.07) is 0. The minimum atomic E-state index is -0.822. The lowest BCUT2D eigenvalue weighted by atomic mass is 9.73. The molecule has 1 atom stereocenters.